The highest BCUT2D eigenvalue weighted by Crippen LogP contribution is 2.28. The predicted molar refractivity (Wildman–Crippen MR) is 92.5 cm³/mol. The van der Waals surface area contributed by atoms with Gasteiger partial charge in [-0.15, -0.1) is 0 Å². The third-order valence-corrected chi connectivity index (χ3v) is 5.43. The van der Waals surface area contributed by atoms with Crippen LogP contribution in [-0.2, 0) is 10.0 Å². The van der Waals surface area contributed by atoms with E-state index < -0.39 is 39.1 Å². The molecule has 0 saturated heterocycles. The largest absolute Gasteiger partial charge is 0.396 e. The second-order valence-electron chi connectivity index (χ2n) is 5.89. The summed E-state index contributed by atoms with van der Waals surface area (Å²) in [6.07, 6.45) is 1.61. The fourth-order valence-corrected chi connectivity index (χ4v) is 3.98. The van der Waals surface area contributed by atoms with E-state index in [1.54, 1.807) is 0 Å². The van der Waals surface area contributed by atoms with Crippen molar-refractivity contribution in [2.24, 2.45) is 0 Å². The van der Waals surface area contributed by atoms with Crippen LogP contribution in [0.25, 0.3) is 11.1 Å². The van der Waals surface area contributed by atoms with Crippen LogP contribution in [0.2, 0.25) is 0 Å². The summed E-state index contributed by atoms with van der Waals surface area (Å²) in [4.78, 5) is -0.0665. The highest BCUT2D eigenvalue weighted by molar-refractivity contribution is 7.89. The zero-order valence-electron chi connectivity index (χ0n) is 14.2. The van der Waals surface area contributed by atoms with Gasteiger partial charge in [-0.1, -0.05) is 25.5 Å². The lowest BCUT2D eigenvalue weighted by Gasteiger charge is -2.17. The molecular weight excluding hydrogens is 367 g/mol. The molecule has 0 aliphatic carbocycles. The molecule has 1 atom stereocenters. The summed E-state index contributed by atoms with van der Waals surface area (Å²) >= 11 is 0. The molecule has 0 unspecified atom stereocenters. The third kappa shape index (κ3) is 4.84. The van der Waals surface area contributed by atoms with E-state index in [2.05, 4.69) is 4.72 Å². The number of halogens is 3. The Morgan fingerprint density at radius 2 is 1.62 bits per heavy atom. The standard InChI is InChI=1S/C18H20F3NO3S/c1-2-3-14(8-9-23)22-26(24,25)15-6-4-12(5-7-15)18-16(20)10-13(19)11-17(18)21/h4-7,10-11,14,22-23H,2-3,8-9H2,1H3/t14-/m1/s1. The lowest BCUT2D eigenvalue weighted by molar-refractivity contribution is 0.268. The van der Waals surface area contributed by atoms with Crippen LogP contribution in [0.4, 0.5) is 13.2 Å². The number of hydrogen-bond donors (Lipinski definition) is 2. The molecule has 0 amide bonds. The maximum Gasteiger partial charge on any atom is 0.240 e. The Morgan fingerprint density at radius 3 is 2.12 bits per heavy atom. The Morgan fingerprint density at radius 1 is 1.04 bits per heavy atom. The van der Waals surface area contributed by atoms with Crippen molar-refractivity contribution in [2.45, 2.75) is 37.1 Å². The van der Waals surface area contributed by atoms with Crippen LogP contribution in [0, 0.1) is 17.5 Å². The van der Waals surface area contributed by atoms with E-state index in [4.69, 9.17) is 5.11 Å². The lowest BCUT2D eigenvalue weighted by Crippen LogP contribution is -2.35. The fraction of sp³-hybridized carbons (Fsp3) is 0.333. The lowest BCUT2D eigenvalue weighted by atomic mass is 10.0. The molecular formula is C18H20F3NO3S. The Labute approximate surface area is 150 Å². The summed E-state index contributed by atoms with van der Waals surface area (Å²) in [6, 6.07) is 5.69. The van der Waals surface area contributed by atoms with Crippen LogP contribution in [0.1, 0.15) is 26.2 Å². The number of hydrogen-bond acceptors (Lipinski definition) is 3. The van der Waals surface area contributed by atoms with E-state index in [9.17, 15) is 21.6 Å². The van der Waals surface area contributed by atoms with Crippen molar-refractivity contribution in [2.75, 3.05) is 6.61 Å². The van der Waals surface area contributed by atoms with Crippen molar-refractivity contribution in [3.05, 3.63) is 53.8 Å². The molecule has 4 nitrogen and oxygen atoms in total. The molecule has 0 radical (unpaired) electrons. The number of benzene rings is 2. The van der Waals surface area contributed by atoms with Crippen LogP contribution < -0.4 is 4.72 Å². The molecule has 0 fully saturated rings. The highest BCUT2D eigenvalue weighted by Gasteiger charge is 2.20. The van der Waals surface area contributed by atoms with E-state index in [-0.39, 0.29) is 23.5 Å². The van der Waals surface area contributed by atoms with Crippen molar-refractivity contribution in [1.29, 1.82) is 0 Å². The molecule has 26 heavy (non-hydrogen) atoms. The summed E-state index contributed by atoms with van der Waals surface area (Å²) in [5.74, 6) is -3.16. The molecule has 2 aromatic carbocycles. The quantitative estimate of drug-likeness (QED) is 0.727. The van der Waals surface area contributed by atoms with Crippen LogP contribution in [0.3, 0.4) is 0 Å². The summed E-state index contributed by atoms with van der Waals surface area (Å²) in [5.41, 5.74) is -0.327. The Bertz CT molecular complexity index is 825. The van der Waals surface area contributed by atoms with E-state index in [0.717, 1.165) is 6.42 Å². The smallest absolute Gasteiger partial charge is 0.240 e. The second-order valence-corrected chi connectivity index (χ2v) is 7.60. The second kappa shape index (κ2) is 8.66. The van der Waals surface area contributed by atoms with Gasteiger partial charge in [-0.3, -0.25) is 0 Å². The third-order valence-electron chi connectivity index (χ3n) is 3.90. The molecule has 0 aliphatic rings. The van der Waals surface area contributed by atoms with Gasteiger partial charge in [-0.2, -0.15) is 0 Å². The first-order valence-corrected chi connectivity index (χ1v) is 9.65. The van der Waals surface area contributed by atoms with Gasteiger partial charge < -0.3 is 5.11 Å². The van der Waals surface area contributed by atoms with Gasteiger partial charge in [0.15, 0.2) is 0 Å². The molecule has 142 valence electrons. The van der Waals surface area contributed by atoms with Gasteiger partial charge in [0.1, 0.15) is 17.5 Å². The fourth-order valence-electron chi connectivity index (χ4n) is 2.67. The van der Waals surface area contributed by atoms with E-state index >= 15 is 0 Å². The maximum atomic E-state index is 13.8. The number of rotatable bonds is 8. The average molecular weight is 387 g/mol. The molecule has 0 saturated carbocycles. The number of sulfonamides is 1. The first kappa shape index (κ1) is 20.4. The van der Waals surface area contributed by atoms with Gasteiger partial charge in [0.2, 0.25) is 10.0 Å². The van der Waals surface area contributed by atoms with Gasteiger partial charge >= 0.3 is 0 Å². The Kier molecular flexibility index (Phi) is 6.80. The highest BCUT2D eigenvalue weighted by atomic mass is 32.2. The van der Waals surface area contributed by atoms with Gasteiger partial charge in [0.05, 0.1) is 10.5 Å². The molecule has 2 N–H and O–H groups in total. The normalized spacial score (nSPS) is 13.0. The summed E-state index contributed by atoms with van der Waals surface area (Å²) in [7, 11) is -3.84. The summed E-state index contributed by atoms with van der Waals surface area (Å²) in [6.45, 7) is 1.76. The molecule has 0 heterocycles. The minimum atomic E-state index is -3.84. The topological polar surface area (TPSA) is 66.4 Å². The van der Waals surface area contributed by atoms with Gasteiger partial charge in [0.25, 0.3) is 0 Å². The molecule has 2 aromatic rings. The van der Waals surface area contributed by atoms with Gasteiger partial charge in [0, 0.05) is 24.8 Å². The SMILES string of the molecule is CCC[C@H](CCO)NS(=O)(=O)c1ccc(-c2c(F)cc(F)cc2F)cc1. The molecule has 8 heteroatoms. The van der Waals surface area contributed by atoms with Crippen LogP contribution in [0.5, 0.6) is 0 Å². The van der Waals surface area contributed by atoms with E-state index in [1.807, 2.05) is 6.92 Å². The predicted octanol–water partition coefficient (Wildman–Crippen LogP) is 3.60. The summed E-state index contributed by atoms with van der Waals surface area (Å²) < 4.78 is 68.1. The number of nitrogens with one attached hydrogen (secondary N) is 1. The van der Waals surface area contributed by atoms with Gasteiger partial charge in [-0.05, 0) is 30.5 Å². The average Bonchev–Trinajstić information content (AvgIpc) is 2.54. The van der Waals surface area contributed by atoms with Crippen molar-refractivity contribution >= 4 is 10.0 Å². The molecule has 2 rings (SSSR count). The minimum Gasteiger partial charge on any atom is -0.396 e. The van der Waals surface area contributed by atoms with Gasteiger partial charge in [-0.25, -0.2) is 26.3 Å². The Hall–Kier alpha value is -1.90. The minimum absolute atomic E-state index is 0.0665. The monoisotopic (exact) mass is 387 g/mol. The van der Waals surface area contributed by atoms with E-state index in [1.165, 1.54) is 24.3 Å². The number of aliphatic hydroxyl groups is 1. The molecule has 0 aliphatic heterocycles. The zero-order chi connectivity index (χ0) is 19.3. The van der Waals surface area contributed by atoms with Crippen LogP contribution in [0.15, 0.2) is 41.3 Å². The van der Waals surface area contributed by atoms with Crippen molar-refractivity contribution < 1.29 is 26.7 Å². The first-order valence-electron chi connectivity index (χ1n) is 8.16. The Balaban J connectivity index is 2.29. The van der Waals surface area contributed by atoms with Crippen LogP contribution in [-0.4, -0.2) is 26.2 Å². The van der Waals surface area contributed by atoms with Crippen molar-refractivity contribution in [3.8, 4) is 11.1 Å². The molecule has 0 aromatic heterocycles. The summed E-state index contributed by atoms with van der Waals surface area (Å²) in [5, 5.41) is 9.03. The van der Waals surface area contributed by atoms with E-state index in [0.29, 0.717) is 18.6 Å². The molecule has 0 bridgehead atoms. The molecule has 0 spiro atoms. The van der Waals surface area contributed by atoms with Crippen LogP contribution >= 0.6 is 0 Å². The van der Waals surface area contributed by atoms with Crippen molar-refractivity contribution in [3.63, 3.8) is 0 Å². The van der Waals surface area contributed by atoms with Crippen molar-refractivity contribution in [1.82, 2.24) is 4.72 Å². The zero-order valence-corrected chi connectivity index (χ0v) is 15.0. The first-order chi connectivity index (χ1) is 12.3. The number of aliphatic hydroxyl groups excluding tert-OH is 1. The maximum absolute atomic E-state index is 13.8.